The van der Waals surface area contributed by atoms with Crippen molar-refractivity contribution in [3.8, 4) is 0 Å². The first-order chi connectivity index (χ1) is 11.5. The number of aromatic nitrogens is 1. The van der Waals surface area contributed by atoms with E-state index in [1.165, 1.54) is 0 Å². The molecule has 0 atom stereocenters. The topological polar surface area (TPSA) is 82.8 Å². The van der Waals surface area contributed by atoms with Gasteiger partial charge in [0, 0.05) is 38.2 Å². The lowest BCUT2D eigenvalue weighted by Gasteiger charge is -2.18. The molecule has 24 heavy (non-hydrogen) atoms. The van der Waals surface area contributed by atoms with Crippen LogP contribution in [0.5, 0.6) is 0 Å². The van der Waals surface area contributed by atoms with E-state index in [4.69, 9.17) is 4.52 Å². The Bertz CT molecular complexity index is 516. The second-order valence-corrected chi connectivity index (χ2v) is 5.56. The molecule has 1 rings (SSSR count). The molecule has 0 aliphatic rings. The fourth-order valence-corrected chi connectivity index (χ4v) is 2.50. The van der Waals surface area contributed by atoms with Crippen LogP contribution >= 0.6 is 0 Å². The Hall–Kier alpha value is -2.05. The molecule has 0 saturated carbocycles. The minimum atomic E-state index is 0.148. The summed E-state index contributed by atoms with van der Waals surface area (Å²) in [5.74, 6) is 1.74. The van der Waals surface area contributed by atoms with Gasteiger partial charge >= 0.3 is 0 Å². The molecular weight excluding hydrogens is 306 g/mol. The standard InChI is InChI=1S/C17H31N5O2/c1-6-18-17(20-12-10-16(23)22(7-2)8-3)19-11-9-15-13(4)21-24-14(15)5/h6-12H2,1-5H3,(H2,18,19,20). The van der Waals surface area contributed by atoms with E-state index in [9.17, 15) is 4.79 Å². The number of carbonyl (C=O) groups is 1. The monoisotopic (exact) mass is 337 g/mol. The van der Waals surface area contributed by atoms with Crippen LogP contribution in [0.25, 0.3) is 0 Å². The second kappa shape index (κ2) is 10.7. The summed E-state index contributed by atoms with van der Waals surface area (Å²) in [6.07, 6.45) is 1.26. The van der Waals surface area contributed by atoms with Crippen LogP contribution in [0.4, 0.5) is 0 Å². The highest BCUT2D eigenvalue weighted by Gasteiger charge is 2.10. The number of aryl methyl sites for hydroxylation is 2. The maximum Gasteiger partial charge on any atom is 0.224 e. The SMILES string of the molecule is CCNC(=NCCC(=O)N(CC)CC)NCCc1c(C)noc1C. The highest BCUT2D eigenvalue weighted by atomic mass is 16.5. The van der Waals surface area contributed by atoms with Gasteiger partial charge in [0.25, 0.3) is 0 Å². The number of nitrogens with one attached hydrogen (secondary N) is 2. The number of amides is 1. The zero-order chi connectivity index (χ0) is 17.9. The van der Waals surface area contributed by atoms with Gasteiger partial charge in [0.05, 0.1) is 12.2 Å². The van der Waals surface area contributed by atoms with E-state index < -0.39 is 0 Å². The average Bonchev–Trinajstić information content (AvgIpc) is 2.88. The lowest BCUT2D eigenvalue weighted by atomic mass is 10.1. The van der Waals surface area contributed by atoms with Crippen LogP contribution in [0.2, 0.25) is 0 Å². The zero-order valence-electron chi connectivity index (χ0n) is 15.6. The highest BCUT2D eigenvalue weighted by molar-refractivity contribution is 5.80. The van der Waals surface area contributed by atoms with E-state index in [0.717, 1.165) is 55.6 Å². The van der Waals surface area contributed by atoms with Crippen molar-refractivity contribution >= 4 is 11.9 Å². The van der Waals surface area contributed by atoms with Gasteiger partial charge in [0.15, 0.2) is 5.96 Å². The van der Waals surface area contributed by atoms with E-state index in [0.29, 0.717) is 13.0 Å². The van der Waals surface area contributed by atoms with Crippen LogP contribution < -0.4 is 10.6 Å². The van der Waals surface area contributed by atoms with Gasteiger partial charge in [0.2, 0.25) is 5.91 Å². The zero-order valence-corrected chi connectivity index (χ0v) is 15.6. The first-order valence-corrected chi connectivity index (χ1v) is 8.75. The van der Waals surface area contributed by atoms with E-state index in [1.54, 1.807) is 0 Å². The lowest BCUT2D eigenvalue weighted by Crippen LogP contribution is -2.38. The molecule has 136 valence electrons. The van der Waals surface area contributed by atoms with Gasteiger partial charge in [-0.1, -0.05) is 5.16 Å². The van der Waals surface area contributed by atoms with Crippen LogP contribution in [0, 0.1) is 13.8 Å². The predicted molar refractivity (Wildman–Crippen MR) is 96.2 cm³/mol. The molecule has 1 aromatic rings. The van der Waals surface area contributed by atoms with E-state index in [1.807, 2.05) is 39.5 Å². The lowest BCUT2D eigenvalue weighted by molar-refractivity contribution is -0.130. The summed E-state index contributed by atoms with van der Waals surface area (Å²) in [6, 6.07) is 0. The normalized spacial score (nSPS) is 11.5. The number of rotatable bonds is 9. The van der Waals surface area contributed by atoms with Crippen molar-refractivity contribution in [3.63, 3.8) is 0 Å². The molecule has 2 N–H and O–H groups in total. The molecule has 0 saturated heterocycles. The van der Waals surface area contributed by atoms with Gasteiger partial charge in [-0.05, 0) is 41.0 Å². The molecule has 0 fully saturated rings. The van der Waals surface area contributed by atoms with Gasteiger partial charge in [-0.15, -0.1) is 0 Å². The Morgan fingerprint density at radius 1 is 1.21 bits per heavy atom. The van der Waals surface area contributed by atoms with Crippen LogP contribution in [-0.2, 0) is 11.2 Å². The van der Waals surface area contributed by atoms with Crippen molar-refractivity contribution < 1.29 is 9.32 Å². The first-order valence-electron chi connectivity index (χ1n) is 8.75. The van der Waals surface area contributed by atoms with Crippen LogP contribution in [-0.4, -0.2) is 54.6 Å². The molecule has 0 aliphatic heterocycles. The molecular formula is C17H31N5O2. The number of guanidine groups is 1. The number of nitrogens with zero attached hydrogens (tertiary/aromatic N) is 3. The first kappa shape index (κ1) is 20.0. The fraction of sp³-hybridized carbons (Fsp3) is 0.706. The Labute approximate surface area is 144 Å². The highest BCUT2D eigenvalue weighted by Crippen LogP contribution is 2.11. The summed E-state index contributed by atoms with van der Waals surface area (Å²) in [6.45, 7) is 13.4. The Morgan fingerprint density at radius 2 is 1.92 bits per heavy atom. The molecule has 1 heterocycles. The molecule has 7 nitrogen and oxygen atoms in total. The number of carbonyl (C=O) groups excluding carboxylic acids is 1. The smallest absolute Gasteiger partial charge is 0.224 e. The third-order valence-corrected chi connectivity index (χ3v) is 3.90. The van der Waals surface area contributed by atoms with Crippen molar-refractivity contribution in [1.29, 1.82) is 0 Å². The van der Waals surface area contributed by atoms with Crippen molar-refractivity contribution in [2.75, 3.05) is 32.7 Å². The van der Waals surface area contributed by atoms with Crippen LogP contribution in [0.15, 0.2) is 9.52 Å². The summed E-state index contributed by atoms with van der Waals surface area (Å²) in [5, 5.41) is 10.4. The Balaban J connectivity index is 2.46. The van der Waals surface area contributed by atoms with Crippen LogP contribution in [0.3, 0.4) is 0 Å². The van der Waals surface area contributed by atoms with E-state index >= 15 is 0 Å². The Kier molecular flexibility index (Phi) is 8.89. The fourth-order valence-electron chi connectivity index (χ4n) is 2.50. The molecule has 1 aromatic heterocycles. The molecule has 0 aliphatic carbocycles. The summed E-state index contributed by atoms with van der Waals surface area (Å²) in [5.41, 5.74) is 2.07. The minimum Gasteiger partial charge on any atom is -0.361 e. The summed E-state index contributed by atoms with van der Waals surface area (Å²) >= 11 is 0. The largest absolute Gasteiger partial charge is 0.361 e. The van der Waals surface area contributed by atoms with Crippen LogP contribution in [0.1, 0.15) is 44.2 Å². The second-order valence-electron chi connectivity index (χ2n) is 5.56. The predicted octanol–water partition coefficient (Wildman–Crippen LogP) is 1.65. The van der Waals surface area contributed by atoms with Crippen molar-refractivity contribution in [3.05, 3.63) is 17.0 Å². The molecule has 0 aromatic carbocycles. The molecule has 0 bridgehead atoms. The van der Waals surface area contributed by atoms with Crippen molar-refractivity contribution in [1.82, 2.24) is 20.7 Å². The summed E-state index contributed by atoms with van der Waals surface area (Å²) < 4.78 is 5.17. The van der Waals surface area contributed by atoms with Gasteiger partial charge < -0.3 is 20.1 Å². The summed E-state index contributed by atoms with van der Waals surface area (Å²) in [7, 11) is 0. The quantitative estimate of drug-likeness (QED) is 0.529. The van der Waals surface area contributed by atoms with Gasteiger partial charge in [-0.25, -0.2) is 0 Å². The van der Waals surface area contributed by atoms with Gasteiger partial charge in [0.1, 0.15) is 5.76 Å². The minimum absolute atomic E-state index is 0.148. The number of hydrogen-bond acceptors (Lipinski definition) is 4. The number of aliphatic imine (C=N–C) groups is 1. The molecule has 0 unspecified atom stereocenters. The Morgan fingerprint density at radius 3 is 2.46 bits per heavy atom. The summed E-state index contributed by atoms with van der Waals surface area (Å²) in [4.78, 5) is 18.3. The molecule has 0 radical (unpaired) electrons. The third kappa shape index (κ3) is 6.22. The van der Waals surface area contributed by atoms with Gasteiger partial charge in [-0.2, -0.15) is 0 Å². The van der Waals surface area contributed by atoms with Gasteiger partial charge in [-0.3, -0.25) is 9.79 Å². The number of hydrogen-bond donors (Lipinski definition) is 2. The molecule has 1 amide bonds. The maximum atomic E-state index is 12.0. The van der Waals surface area contributed by atoms with Crippen molar-refractivity contribution in [2.24, 2.45) is 4.99 Å². The van der Waals surface area contributed by atoms with E-state index in [-0.39, 0.29) is 5.91 Å². The average molecular weight is 337 g/mol. The van der Waals surface area contributed by atoms with E-state index in [2.05, 4.69) is 20.8 Å². The molecule has 0 spiro atoms. The van der Waals surface area contributed by atoms with Crippen molar-refractivity contribution in [2.45, 2.75) is 47.5 Å². The maximum absolute atomic E-state index is 12.0. The molecule has 7 heteroatoms. The third-order valence-electron chi connectivity index (χ3n) is 3.90.